The molecule has 0 bridgehead atoms. The summed E-state index contributed by atoms with van der Waals surface area (Å²) in [5.74, 6) is 0.565. The summed E-state index contributed by atoms with van der Waals surface area (Å²) >= 11 is 0. The van der Waals surface area contributed by atoms with Gasteiger partial charge in [-0.15, -0.1) is 0 Å². The minimum absolute atomic E-state index is 0.180. The van der Waals surface area contributed by atoms with Crippen LogP contribution in [0.4, 0.5) is 0 Å². The van der Waals surface area contributed by atoms with E-state index in [9.17, 15) is 0 Å². The van der Waals surface area contributed by atoms with Gasteiger partial charge in [0.15, 0.2) is 0 Å². The maximum atomic E-state index is 8.74. The number of hydrogen-bond acceptors (Lipinski definition) is 3. The Morgan fingerprint density at radius 1 is 1.44 bits per heavy atom. The molecule has 3 heteroatoms. The number of ether oxygens (including phenoxy) is 1. The first-order valence-electron chi connectivity index (χ1n) is 5.21. The molecule has 1 aromatic rings. The minimum atomic E-state index is 0.180. The molecule has 16 heavy (non-hydrogen) atoms. The van der Waals surface area contributed by atoms with Crippen molar-refractivity contribution < 1.29 is 9.84 Å². The number of rotatable bonds is 6. The van der Waals surface area contributed by atoms with Gasteiger partial charge >= 0.3 is 0 Å². The zero-order chi connectivity index (χ0) is 11.8. The lowest BCUT2D eigenvalue weighted by Crippen LogP contribution is -1.95. The van der Waals surface area contributed by atoms with Crippen molar-refractivity contribution in [2.24, 2.45) is 0 Å². The van der Waals surface area contributed by atoms with Gasteiger partial charge in [-0.1, -0.05) is 18.7 Å². The average molecular weight is 217 g/mol. The molecule has 0 atom stereocenters. The molecule has 0 unspecified atom stereocenters. The van der Waals surface area contributed by atoms with Gasteiger partial charge in [0.2, 0.25) is 0 Å². The lowest BCUT2D eigenvalue weighted by Gasteiger charge is -2.08. The van der Waals surface area contributed by atoms with E-state index in [1.54, 1.807) is 18.2 Å². The molecular weight excluding hydrogens is 202 g/mol. The average Bonchev–Trinajstić information content (AvgIpc) is 2.34. The fraction of sp³-hybridized carbons (Fsp3) is 0.308. The van der Waals surface area contributed by atoms with E-state index < -0.39 is 0 Å². The summed E-state index contributed by atoms with van der Waals surface area (Å²) in [6, 6.07) is 9.21. The van der Waals surface area contributed by atoms with Crippen LogP contribution in [0.2, 0.25) is 0 Å². The second-order valence-corrected chi connectivity index (χ2v) is 3.39. The molecule has 0 heterocycles. The Bertz CT molecular complexity index is 393. The maximum Gasteiger partial charge on any atom is 0.119 e. The quantitative estimate of drug-likeness (QED) is 0.587. The van der Waals surface area contributed by atoms with Crippen LogP contribution in [0.15, 0.2) is 30.8 Å². The smallest absolute Gasteiger partial charge is 0.119 e. The summed E-state index contributed by atoms with van der Waals surface area (Å²) in [7, 11) is 0. The first-order valence-corrected chi connectivity index (χ1v) is 5.21. The lowest BCUT2D eigenvalue weighted by atomic mass is 10.1. The van der Waals surface area contributed by atoms with Gasteiger partial charge < -0.3 is 9.84 Å². The Morgan fingerprint density at radius 3 is 2.94 bits per heavy atom. The Labute approximate surface area is 95.6 Å². The van der Waals surface area contributed by atoms with Crippen LogP contribution in [0.1, 0.15) is 24.0 Å². The number of nitriles is 1. The fourth-order valence-electron chi connectivity index (χ4n) is 1.25. The molecule has 0 spiro atoms. The molecule has 0 aromatic heterocycles. The summed E-state index contributed by atoms with van der Waals surface area (Å²) in [5, 5.41) is 17.3. The van der Waals surface area contributed by atoms with Gasteiger partial charge in [0.1, 0.15) is 5.76 Å². The number of aliphatic hydroxyl groups excluding tert-OH is 1. The molecule has 84 valence electrons. The van der Waals surface area contributed by atoms with Crippen LogP contribution in [0.5, 0.6) is 0 Å². The number of benzene rings is 1. The van der Waals surface area contributed by atoms with Gasteiger partial charge in [0, 0.05) is 12.2 Å². The van der Waals surface area contributed by atoms with Gasteiger partial charge in [-0.2, -0.15) is 5.26 Å². The molecule has 1 N–H and O–H groups in total. The highest BCUT2D eigenvalue weighted by Crippen LogP contribution is 2.15. The molecule has 0 aliphatic rings. The molecule has 0 saturated heterocycles. The molecule has 1 rings (SSSR count). The molecule has 0 fully saturated rings. The van der Waals surface area contributed by atoms with Crippen molar-refractivity contribution in [3.05, 3.63) is 42.0 Å². The van der Waals surface area contributed by atoms with Crippen LogP contribution in [-0.2, 0) is 4.74 Å². The van der Waals surface area contributed by atoms with Crippen molar-refractivity contribution in [1.82, 2.24) is 0 Å². The van der Waals surface area contributed by atoms with E-state index in [1.807, 2.05) is 6.07 Å². The summed E-state index contributed by atoms with van der Waals surface area (Å²) < 4.78 is 5.41. The zero-order valence-electron chi connectivity index (χ0n) is 9.15. The second-order valence-electron chi connectivity index (χ2n) is 3.39. The van der Waals surface area contributed by atoms with E-state index >= 15 is 0 Å². The fourth-order valence-corrected chi connectivity index (χ4v) is 1.25. The van der Waals surface area contributed by atoms with Crippen LogP contribution < -0.4 is 0 Å². The van der Waals surface area contributed by atoms with Crippen molar-refractivity contribution in [2.75, 3.05) is 13.2 Å². The summed E-state index contributed by atoms with van der Waals surface area (Å²) in [4.78, 5) is 0. The van der Waals surface area contributed by atoms with Crippen LogP contribution >= 0.6 is 0 Å². The third kappa shape index (κ3) is 3.76. The Hall–Kier alpha value is -1.79. The third-order valence-electron chi connectivity index (χ3n) is 2.14. The number of aliphatic hydroxyl groups is 1. The SMILES string of the molecule is C=C(OCCCCO)c1cccc(C#N)c1. The van der Waals surface area contributed by atoms with E-state index in [1.165, 1.54) is 0 Å². The highest BCUT2D eigenvalue weighted by Gasteiger charge is 2.00. The van der Waals surface area contributed by atoms with Crippen LogP contribution in [0, 0.1) is 11.3 Å². The summed E-state index contributed by atoms with van der Waals surface area (Å²) in [6.07, 6.45) is 1.53. The summed E-state index contributed by atoms with van der Waals surface area (Å²) in [5.41, 5.74) is 1.42. The van der Waals surface area contributed by atoms with Crippen molar-refractivity contribution in [1.29, 1.82) is 5.26 Å². The molecular formula is C13H15NO2. The molecule has 3 nitrogen and oxygen atoms in total. The largest absolute Gasteiger partial charge is 0.494 e. The van der Waals surface area contributed by atoms with Gasteiger partial charge in [0.25, 0.3) is 0 Å². The van der Waals surface area contributed by atoms with Crippen molar-refractivity contribution >= 4 is 5.76 Å². The number of unbranched alkanes of at least 4 members (excludes halogenated alkanes) is 1. The minimum Gasteiger partial charge on any atom is -0.494 e. The summed E-state index contributed by atoms with van der Waals surface area (Å²) in [6.45, 7) is 4.52. The van der Waals surface area contributed by atoms with Gasteiger partial charge in [-0.3, -0.25) is 0 Å². The topological polar surface area (TPSA) is 53.2 Å². The van der Waals surface area contributed by atoms with Crippen molar-refractivity contribution in [3.8, 4) is 6.07 Å². The first-order chi connectivity index (χ1) is 7.77. The predicted octanol–water partition coefficient (Wildman–Crippen LogP) is 2.32. The molecule has 0 saturated carbocycles. The molecule has 0 aliphatic heterocycles. The van der Waals surface area contributed by atoms with Crippen molar-refractivity contribution in [3.63, 3.8) is 0 Å². The zero-order valence-corrected chi connectivity index (χ0v) is 9.15. The normalized spacial score (nSPS) is 9.50. The standard InChI is InChI=1S/C13H15NO2/c1-11(16-8-3-2-7-15)13-6-4-5-12(9-13)10-14/h4-6,9,15H,1-3,7-8H2. The molecule has 0 aliphatic carbocycles. The highest BCUT2D eigenvalue weighted by molar-refractivity contribution is 5.59. The van der Waals surface area contributed by atoms with Crippen molar-refractivity contribution in [2.45, 2.75) is 12.8 Å². The second kappa shape index (κ2) is 6.65. The van der Waals surface area contributed by atoms with Crippen LogP contribution in [-0.4, -0.2) is 18.3 Å². The van der Waals surface area contributed by atoms with Gasteiger partial charge in [-0.05, 0) is 25.0 Å². The molecule has 1 aromatic carbocycles. The Kier molecular flexibility index (Phi) is 5.10. The van der Waals surface area contributed by atoms with Gasteiger partial charge in [0.05, 0.1) is 18.2 Å². The Balaban J connectivity index is 2.50. The predicted molar refractivity (Wildman–Crippen MR) is 62.5 cm³/mol. The van der Waals surface area contributed by atoms with E-state index in [4.69, 9.17) is 15.1 Å². The Morgan fingerprint density at radius 2 is 2.25 bits per heavy atom. The van der Waals surface area contributed by atoms with Crippen LogP contribution in [0.3, 0.4) is 0 Å². The van der Waals surface area contributed by atoms with E-state index in [0.717, 1.165) is 18.4 Å². The number of nitrogens with zero attached hydrogens (tertiary/aromatic N) is 1. The maximum absolute atomic E-state index is 8.74. The van der Waals surface area contributed by atoms with E-state index in [2.05, 4.69) is 12.6 Å². The lowest BCUT2D eigenvalue weighted by molar-refractivity contribution is 0.235. The van der Waals surface area contributed by atoms with Crippen LogP contribution in [0.25, 0.3) is 5.76 Å². The number of hydrogen-bond donors (Lipinski definition) is 1. The molecule has 0 amide bonds. The third-order valence-corrected chi connectivity index (χ3v) is 2.14. The first kappa shape index (κ1) is 12.3. The van der Waals surface area contributed by atoms with E-state index in [-0.39, 0.29) is 6.61 Å². The monoisotopic (exact) mass is 217 g/mol. The van der Waals surface area contributed by atoms with E-state index in [0.29, 0.717) is 17.9 Å². The molecule has 0 radical (unpaired) electrons. The highest BCUT2D eigenvalue weighted by atomic mass is 16.5. The van der Waals surface area contributed by atoms with Gasteiger partial charge in [-0.25, -0.2) is 0 Å².